The van der Waals surface area contributed by atoms with Crippen LogP contribution in [0.3, 0.4) is 0 Å². The fourth-order valence-electron chi connectivity index (χ4n) is 3.55. The molecule has 0 radical (unpaired) electrons. The highest BCUT2D eigenvalue weighted by molar-refractivity contribution is 7.60. The summed E-state index contributed by atoms with van der Waals surface area (Å²) in [6.45, 7) is 0.961. The molecule has 1 aliphatic carbocycles. The highest BCUT2D eigenvalue weighted by Gasteiger charge is 2.85. The molecular weight excluding hydrogens is 453 g/mol. The van der Waals surface area contributed by atoms with Gasteiger partial charge in [0.2, 0.25) is 5.95 Å². The predicted octanol–water partition coefficient (Wildman–Crippen LogP) is -0.585. The molecule has 3 heterocycles. The number of aromatic nitrogens is 4. The van der Waals surface area contributed by atoms with Gasteiger partial charge in [0, 0.05) is 7.05 Å². The Bertz CT molecular complexity index is 1120. The quantitative estimate of drug-likeness (QED) is 0.291. The largest absolute Gasteiger partial charge is 0.481 e. The number of nitrogens with one attached hydrogen (secondary N) is 1. The van der Waals surface area contributed by atoms with E-state index < -0.39 is 45.4 Å². The van der Waals surface area contributed by atoms with Gasteiger partial charge >= 0.3 is 15.6 Å². The first kappa shape index (κ1) is 21.5. The van der Waals surface area contributed by atoms with Gasteiger partial charge in [0.05, 0.1) is 6.33 Å². The van der Waals surface area contributed by atoms with Crippen molar-refractivity contribution < 1.29 is 46.9 Å². The first-order chi connectivity index (χ1) is 13.7. The van der Waals surface area contributed by atoms with Crippen molar-refractivity contribution in [2.45, 2.75) is 36.6 Å². The van der Waals surface area contributed by atoms with Crippen molar-refractivity contribution >= 4 is 38.6 Å². The summed E-state index contributed by atoms with van der Waals surface area (Å²) >= 11 is 0. The molecule has 15 nitrogen and oxygen atoms in total. The average molecular weight is 470 g/mol. The summed E-state index contributed by atoms with van der Waals surface area (Å²) in [6.07, 6.45) is -3.47. The number of phosphoric acid groups is 2. The van der Waals surface area contributed by atoms with Crippen LogP contribution < -0.4 is 11.1 Å². The van der Waals surface area contributed by atoms with Crippen LogP contribution in [0.4, 0.5) is 16.2 Å². The van der Waals surface area contributed by atoms with Gasteiger partial charge in [-0.05, 0) is 6.92 Å². The zero-order valence-electron chi connectivity index (χ0n) is 15.3. The van der Waals surface area contributed by atoms with Gasteiger partial charge in [-0.1, -0.05) is 0 Å². The van der Waals surface area contributed by atoms with Crippen molar-refractivity contribution in [1.82, 2.24) is 19.5 Å². The zero-order valence-corrected chi connectivity index (χ0v) is 17.1. The van der Waals surface area contributed by atoms with E-state index in [0.717, 1.165) is 6.92 Å². The molecule has 7 N–H and O–H groups in total. The van der Waals surface area contributed by atoms with E-state index in [4.69, 9.17) is 20.3 Å². The number of nitrogen functional groups attached to an aromatic ring is 1. The van der Waals surface area contributed by atoms with Crippen LogP contribution in [0.5, 0.6) is 0 Å². The monoisotopic (exact) mass is 470 g/mol. The second kappa shape index (κ2) is 6.38. The molecule has 0 aromatic carbocycles. The van der Waals surface area contributed by atoms with Crippen LogP contribution in [0, 0.1) is 0 Å². The number of hydrogen-bond acceptors (Lipinski definition) is 11. The molecule has 4 rings (SSSR count). The molecule has 2 aliphatic rings. The van der Waals surface area contributed by atoms with Crippen LogP contribution in [-0.4, -0.2) is 69.8 Å². The molecule has 1 saturated heterocycles. The molecule has 2 fully saturated rings. The van der Waals surface area contributed by atoms with Crippen molar-refractivity contribution in [2.75, 3.05) is 18.1 Å². The van der Waals surface area contributed by atoms with Crippen LogP contribution >= 0.6 is 15.6 Å². The molecular formula is C12H17FN6O9P2. The van der Waals surface area contributed by atoms with Crippen LogP contribution in [-0.2, 0) is 22.7 Å². The molecule has 1 saturated carbocycles. The SMILES string of the molecule is CNc1nc(N)nc2c1ncn2[C@@H]1O[C@@H]2C(OP(=O)(O)OP(=O)(O)O)[C@]2(O)[C@@]1(C)F. The molecule has 1 aliphatic heterocycles. The van der Waals surface area contributed by atoms with Crippen molar-refractivity contribution in [3.05, 3.63) is 6.33 Å². The molecule has 2 aromatic rings. The summed E-state index contributed by atoms with van der Waals surface area (Å²) in [5.74, 6) is 0.142. The van der Waals surface area contributed by atoms with Crippen molar-refractivity contribution in [3.8, 4) is 0 Å². The molecule has 166 valence electrons. The number of hydrogen-bond donors (Lipinski definition) is 6. The lowest BCUT2D eigenvalue weighted by Gasteiger charge is -2.30. The summed E-state index contributed by atoms with van der Waals surface area (Å²) in [6, 6.07) is 0. The third kappa shape index (κ3) is 3.12. The number of phosphoric ester groups is 1. The van der Waals surface area contributed by atoms with Crippen LogP contribution in [0.15, 0.2) is 6.33 Å². The predicted molar refractivity (Wildman–Crippen MR) is 95.5 cm³/mol. The second-order valence-corrected chi connectivity index (χ2v) is 9.66. The maximum absolute atomic E-state index is 15.7. The normalized spacial score (nSPS) is 35.2. The summed E-state index contributed by atoms with van der Waals surface area (Å²) in [4.78, 5) is 38.8. The number of ether oxygens (including phenoxy) is 1. The smallest absolute Gasteiger partial charge is 0.381 e. The lowest BCUT2D eigenvalue weighted by molar-refractivity contribution is -0.112. The fraction of sp³-hybridized carbons (Fsp3) is 0.583. The minimum Gasteiger partial charge on any atom is -0.381 e. The molecule has 18 heteroatoms. The Morgan fingerprint density at radius 2 is 2.03 bits per heavy atom. The standard InChI is InChI=1S/C12H17FN6O9P2/c1-11(13)9(19-3-16-4-7(15-2)17-10(14)18-8(4)19)26-5-6(12(5,11)20)27-30(24,25)28-29(21,22)23/h3,5-6,9,20H,1-2H3,(H,24,25)(H2,21,22,23)(H3,14,15,17,18)/t5-,6?,9-,11+,12+/m1/s1. The number of nitrogens with zero attached hydrogens (tertiary/aromatic N) is 4. The third-order valence-electron chi connectivity index (χ3n) is 4.94. The molecule has 30 heavy (non-hydrogen) atoms. The van der Waals surface area contributed by atoms with Crippen molar-refractivity contribution in [1.29, 1.82) is 0 Å². The molecule has 6 atom stereocenters. The maximum atomic E-state index is 15.7. The molecule has 0 bridgehead atoms. The lowest BCUT2D eigenvalue weighted by Crippen LogP contribution is -2.45. The summed E-state index contributed by atoms with van der Waals surface area (Å²) in [5.41, 5.74) is 0.969. The number of aliphatic hydroxyl groups is 1. The lowest BCUT2D eigenvalue weighted by atomic mass is 9.97. The Labute approximate surface area is 166 Å². The van der Waals surface area contributed by atoms with Crippen LogP contribution in [0.1, 0.15) is 13.2 Å². The summed E-state index contributed by atoms with van der Waals surface area (Å²) in [7, 11) is -9.15. The van der Waals surface area contributed by atoms with Crippen LogP contribution in [0.25, 0.3) is 11.2 Å². The number of imidazole rings is 1. The number of alkyl halides is 1. The van der Waals surface area contributed by atoms with Gasteiger partial charge in [-0.15, -0.1) is 0 Å². The first-order valence-electron chi connectivity index (χ1n) is 8.24. The topological polar surface area (TPSA) is 224 Å². The highest BCUT2D eigenvalue weighted by atomic mass is 31.3. The number of anilines is 2. The van der Waals surface area contributed by atoms with E-state index in [0.29, 0.717) is 0 Å². The molecule has 2 unspecified atom stereocenters. The maximum Gasteiger partial charge on any atom is 0.481 e. The second-order valence-electron chi connectivity index (χ2n) is 6.88. The Morgan fingerprint density at radius 3 is 2.57 bits per heavy atom. The van der Waals surface area contributed by atoms with E-state index in [1.807, 2.05) is 0 Å². The van der Waals surface area contributed by atoms with E-state index in [2.05, 4.69) is 29.1 Å². The van der Waals surface area contributed by atoms with E-state index >= 15 is 4.39 Å². The number of halogens is 1. The van der Waals surface area contributed by atoms with Crippen molar-refractivity contribution in [3.63, 3.8) is 0 Å². The summed E-state index contributed by atoms with van der Waals surface area (Å²) < 4.78 is 53.0. The number of nitrogens with two attached hydrogens (primary N) is 1. The van der Waals surface area contributed by atoms with Gasteiger partial charge < -0.3 is 35.6 Å². The van der Waals surface area contributed by atoms with Crippen LogP contribution in [0.2, 0.25) is 0 Å². The first-order valence-corrected chi connectivity index (χ1v) is 11.3. The Kier molecular flexibility index (Phi) is 4.57. The molecule has 2 aromatic heterocycles. The Morgan fingerprint density at radius 1 is 1.37 bits per heavy atom. The average Bonchev–Trinajstić information content (AvgIpc) is 2.87. The minimum absolute atomic E-state index is 0.0979. The van der Waals surface area contributed by atoms with Gasteiger partial charge in [-0.25, -0.2) is 18.5 Å². The zero-order chi connectivity index (χ0) is 22.3. The summed E-state index contributed by atoms with van der Waals surface area (Å²) in [5, 5.41) is 13.5. The number of fused-ring (bicyclic) bond motifs is 2. The van der Waals surface area contributed by atoms with Gasteiger partial charge in [0.1, 0.15) is 12.2 Å². The van der Waals surface area contributed by atoms with Gasteiger partial charge in [-0.3, -0.25) is 9.09 Å². The fourth-order valence-corrected chi connectivity index (χ4v) is 5.34. The van der Waals surface area contributed by atoms with E-state index in [1.54, 1.807) is 7.05 Å². The van der Waals surface area contributed by atoms with E-state index in [9.17, 15) is 19.1 Å². The van der Waals surface area contributed by atoms with E-state index in [-0.39, 0.29) is 22.9 Å². The minimum atomic E-state index is -5.39. The van der Waals surface area contributed by atoms with Crippen molar-refractivity contribution in [2.24, 2.45) is 0 Å². The third-order valence-corrected chi connectivity index (χ3v) is 7.11. The Hall–Kier alpha value is -1.74. The van der Waals surface area contributed by atoms with Gasteiger partial charge in [-0.2, -0.15) is 14.3 Å². The molecule has 0 spiro atoms. The van der Waals surface area contributed by atoms with Gasteiger partial charge in [0.15, 0.2) is 34.5 Å². The molecule has 0 amide bonds. The highest BCUT2D eigenvalue weighted by Crippen LogP contribution is 2.68. The Balaban J connectivity index is 1.63. The van der Waals surface area contributed by atoms with Gasteiger partial charge in [0.25, 0.3) is 0 Å². The van der Waals surface area contributed by atoms with E-state index in [1.165, 1.54) is 10.9 Å². The number of rotatable bonds is 6.